The predicted octanol–water partition coefficient (Wildman–Crippen LogP) is 3.44. The first-order valence-electron chi connectivity index (χ1n) is 6.15. The minimum absolute atomic E-state index is 0.0346. The second kappa shape index (κ2) is 6.54. The van der Waals surface area contributed by atoms with E-state index in [0.717, 1.165) is 16.7 Å². The minimum atomic E-state index is -1.08. The van der Waals surface area contributed by atoms with Gasteiger partial charge in [-0.05, 0) is 28.8 Å². The largest absolute Gasteiger partial charge is 0.465 e. The van der Waals surface area contributed by atoms with E-state index in [1.807, 2.05) is 42.5 Å². The third-order valence-corrected chi connectivity index (χ3v) is 2.77. The van der Waals surface area contributed by atoms with Crippen LogP contribution < -0.4 is 5.32 Å². The maximum absolute atomic E-state index is 10.6. The summed E-state index contributed by atoms with van der Waals surface area (Å²) in [6.07, 6.45) is 2.76. The number of aliphatic hydroxyl groups is 1. The molecule has 1 amide bonds. The Hall–Kier alpha value is -2.59. The van der Waals surface area contributed by atoms with Crippen molar-refractivity contribution < 1.29 is 15.0 Å². The molecule has 0 bridgehead atoms. The SMILES string of the molecule is O=C(O)Nc1cccc(/C=C/c2ccc(CO)cc2)c1. The number of carbonyl (C=O) groups is 1. The molecule has 0 unspecified atom stereocenters. The highest BCUT2D eigenvalue weighted by Crippen LogP contribution is 2.14. The average molecular weight is 269 g/mol. The first-order valence-corrected chi connectivity index (χ1v) is 6.15. The predicted molar refractivity (Wildman–Crippen MR) is 79.4 cm³/mol. The van der Waals surface area contributed by atoms with Gasteiger partial charge in [-0.1, -0.05) is 48.6 Å². The van der Waals surface area contributed by atoms with Crippen LogP contribution in [-0.2, 0) is 6.61 Å². The van der Waals surface area contributed by atoms with Crippen LogP contribution in [0.2, 0.25) is 0 Å². The number of hydrogen-bond acceptors (Lipinski definition) is 2. The summed E-state index contributed by atoms with van der Waals surface area (Å²) >= 11 is 0. The van der Waals surface area contributed by atoms with E-state index in [4.69, 9.17) is 10.2 Å². The molecule has 102 valence electrons. The summed E-state index contributed by atoms with van der Waals surface area (Å²) in [6.45, 7) is 0.0346. The molecule has 0 aromatic heterocycles. The lowest BCUT2D eigenvalue weighted by Crippen LogP contribution is -2.06. The number of aliphatic hydroxyl groups excluding tert-OH is 1. The molecule has 0 saturated heterocycles. The molecule has 2 rings (SSSR count). The van der Waals surface area contributed by atoms with Crippen LogP contribution >= 0.6 is 0 Å². The van der Waals surface area contributed by atoms with E-state index in [1.165, 1.54) is 0 Å². The fourth-order valence-corrected chi connectivity index (χ4v) is 1.77. The van der Waals surface area contributed by atoms with Crippen molar-refractivity contribution in [3.63, 3.8) is 0 Å². The zero-order valence-electron chi connectivity index (χ0n) is 10.8. The Morgan fingerprint density at radius 3 is 2.40 bits per heavy atom. The molecule has 0 radical (unpaired) electrons. The maximum atomic E-state index is 10.6. The molecule has 4 nitrogen and oxygen atoms in total. The Morgan fingerprint density at radius 2 is 1.75 bits per heavy atom. The zero-order chi connectivity index (χ0) is 14.4. The van der Waals surface area contributed by atoms with Crippen molar-refractivity contribution >= 4 is 23.9 Å². The highest BCUT2D eigenvalue weighted by atomic mass is 16.4. The number of carboxylic acid groups (broad SMARTS) is 1. The van der Waals surface area contributed by atoms with Crippen LogP contribution in [0.15, 0.2) is 48.5 Å². The van der Waals surface area contributed by atoms with E-state index in [0.29, 0.717) is 5.69 Å². The van der Waals surface area contributed by atoms with Crippen LogP contribution in [-0.4, -0.2) is 16.3 Å². The Balaban J connectivity index is 2.11. The fraction of sp³-hybridized carbons (Fsp3) is 0.0625. The molecule has 0 fully saturated rings. The smallest absolute Gasteiger partial charge is 0.409 e. The average Bonchev–Trinajstić information content (AvgIpc) is 2.45. The topological polar surface area (TPSA) is 69.6 Å². The second-order valence-corrected chi connectivity index (χ2v) is 4.29. The number of benzene rings is 2. The van der Waals surface area contributed by atoms with Gasteiger partial charge < -0.3 is 10.2 Å². The van der Waals surface area contributed by atoms with Crippen molar-refractivity contribution in [1.82, 2.24) is 0 Å². The fourth-order valence-electron chi connectivity index (χ4n) is 1.77. The van der Waals surface area contributed by atoms with Gasteiger partial charge in [-0.2, -0.15) is 0 Å². The normalized spacial score (nSPS) is 10.7. The van der Waals surface area contributed by atoms with E-state index in [2.05, 4.69) is 5.32 Å². The van der Waals surface area contributed by atoms with Gasteiger partial charge >= 0.3 is 6.09 Å². The Labute approximate surface area is 117 Å². The second-order valence-electron chi connectivity index (χ2n) is 4.29. The molecular formula is C16H15NO3. The van der Waals surface area contributed by atoms with Gasteiger partial charge in [0.15, 0.2) is 0 Å². The van der Waals surface area contributed by atoms with Gasteiger partial charge in [-0.3, -0.25) is 5.32 Å². The standard InChI is InChI=1S/C16H15NO3/c18-11-14-8-5-12(6-9-14)4-7-13-2-1-3-15(10-13)17-16(19)20/h1-10,17-18H,11H2,(H,19,20)/b7-4+. The third-order valence-electron chi connectivity index (χ3n) is 2.77. The molecule has 0 aliphatic rings. The van der Waals surface area contributed by atoms with E-state index in [1.54, 1.807) is 18.2 Å². The quantitative estimate of drug-likeness (QED) is 0.745. The van der Waals surface area contributed by atoms with Gasteiger partial charge in [0.2, 0.25) is 0 Å². The number of amides is 1. The summed E-state index contributed by atoms with van der Waals surface area (Å²) in [6, 6.07) is 14.7. The lowest BCUT2D eigenvalue weighted by atomic mass is 10.1. The third kappa shape index (κ3) is 3.96. The van der Waals surface area contributed by atoms with Crippen LogP contribution in [0.1, 0.15) is 16.7 Å². The molecular weight excluding hydrogens is 254 g/mol. The van der Waals surface area contributed by atoms with Crippen molar-refractivity contribution in [2.24, 2.45) is 0 Å². The highest BCUT2D eigenvalue weighted by molar-refractivity contribution is 5.83. The van der Waals surface area contributed by atoms with Crippen molar-refractivity contribution in [2.45, 2.75) is 6.61 Å². The first-order chi connectivity index (χ1) is 9.67. The molecule has 20 heavy (non-hydrogen) atoms. The van der Waals surface area contributed by atoms with Crippen molar-refractivity contribution in [3.05, 3.63) is 65.2 Å². The number of hydrogen-bond donors (Lipinski definition) is 3. The van der Waals surface area contributed by atoms with Crippen LogP contribution in [0.25, 0.3) is 12.2 Å². The molecule has 0 heterocycles. The summed E-state index contributed by atoms with van der Waals surface area (Å²) < 4.78 is 0. The number of anilines is 1. The van der Waals surface area contributed by atoms with Crippen molar-refractivity contribution in [2.75, 3.05) is 5.32 Å². The summed E-state index contributed by atoms with van der Waals surface area (Å²) in [5.74, 6) is 0. The van der Waals surface area contributed by atoms with E-state index in [9.17, 15) is 4.79 Å². The maximum Gasteiger partial charge on any atom is 0.409 e. The number of rotatable bonds is 4. The molecule has 3 N–H and O–H groups in total. The zero-order valence-corrected chi connectivity index (χ0v) is 10.8. The highest BCUT2D eigenvalue weighted by Gasteiger charge is 1.97. The molecule has 0 aliphatic carbocycles. The molecule has 4 heteroatoms. The van der Waals surface area contributed by atoms with Crippen LogP contribution in [0.3, 0.4) is 0 Å². The molecule has 0 aliphatic heterocycles. The van der Waals surface area contributed by atoms with Crippen molar-refractivity contribution in [1.29, 1.82) is 0 Å². The lowest BCUT2D eigenvalue weighted by Gasteiger charge is -2.01. The summed E-state index contributed by atoms with van der Waals surface area (Å²) in [5, 5.41) is 19.9. The Morgan fingerprint density at radius 1 is 1.05 bits per heavy atom. The van der Waals surface area contributed by atoms with Crippen molar-refractivity contribution in [3.8, 4) is 0 Å². The molecule has 0 spiro atoms. The van der Waals surface area contributed by atoms with Gasteiger partial charge in [-0.25, -0.2) is 4.79 Å². The van der Waals surface area contributed by atoms with Gasteiger partial charge in [0.05, 0.1) is 6.61 Å². The molecule has 2 aromatic carbocycles. The molecule has 2 aromatic rings. The van der Waals surface area contributed by atoms with Crippen LogP contribution in [0.5, 0.6) is 0 Å². The molecule has 0 saturated carbocycles. The first kappa shape index (κ1) is 13.8. The van der Waals surface area contributed by atoms with E-state index >= 15 is 0 Å². The summed E-state index contributed by atoms with van der Waals surface area (Å²) in [5.41, 5.74) is 3.33. The van der Waals surface area contributed by atoms with Gasteiger partial charge in [0, 0.05) is 5.69 Å². The Kier molecular flexibility index (Phi) is 4.52. The van der Waals surface area contributed by atoms with E-state index in [-0.39, 0.29) is 6.61 Å². The van der Waals surface area contributed by atoms with E-state index < -0.39 is 6.09 Å². The monoisotopic (exact) mass is 269 g/mol. The van der Waals surface area contributed by atoms with Gasteiger partial charge in [0.1, 0.15) is 0 Å². The van der Waals surface area contributed by atoms with Gasteiger partial charge in [-0.15, -0.1) is 0 Å². The lowest BCUT2D eigenvalue weighted by molar-refractivity contribution is 0.210. The number of nitrogens with one attached hydrogen (secondary N) is 1. The Bertz CT molecular complexity index is 618. The summed E-state index contributed by atoms with van der Waals surface area (Å²) in [7, 11) is 0. The minimum Gasteiger partial charge on any atom is -0.465 e. The van der Waals surface area contributed by atoms with Gasteiger partial charge in [0.25, 0.3) is 0 Å². The summed E-state index contributed by atoms with van der Waals surface area (Å²) in [4.78, 5) is 10.6. The molecule has 0 atom stereocenters. The van der Waals surface area contributed by atoms with Crippen LogP contribution in [0, 0.1) is 0 Å². The van der Waals surface area contributed by atoms with Crippen LogP contribution in [0.4, 0.5) is 10.5 Å².